The van der Waals surface area contributed by atoms with E-state index in [0.717, 1.165) is 18.3 Å². The highest BCUT2D eigenvalue weighted by molar-refractivity contribution is 6.07. The molecular formula is C26H35FN2O2. The predicted molar refractivity (Wildman–Crippen MR) is 119 cm³/mol. The lowest BCUT2D eigenvalue weighted by Crippen LogP contribution is -2.64. The van der Waals surface area contributed by atoms with E-state index < -0.39 is 5.92 Å². The lowest BCUT2D eigenvalue weighted by atomic mass is 9.47. The second-order valence-electron chi connectivity index (χ2n) is 11.3. The molecule has 4 nitrogen and oxygen atoms in total. The smallest absolute Gasteiger partial charge is 0.236 e. The number of amides is 2. The van der Waals surface area contributed by atoms with E-state index in [-0.39, 0.29) is 29.1 Å². The Labute approximate surface area is 185 Å². The Bertz CT molecular complexity index is 886. The first-order valence-corrected chi connectivity index (χ1v) is 12.1. The van der Waals surface area contributed by atoms with Crippen LogP contribution in [0.25, 0.3) is 0 Å². The average Bonchev–Trinajstić information content (AvgIpc) is 3.14. The fourth-order valence-electron chi connectivity index (χ4n) is 8.25. The van der Waals surface area contributed by atoms with E-state index in [1.54, 1.807) is 12.1 Å². The van der Waals surface area contributed by atoms with Crippen LogP contribution in [0, 0.1) is 40.3 Å². The Morgan fingerprint density at radius 2 is 1.81 bits per heavy atom. The summed E-state index contributed by atoms with van der Waals surface area (Å²) in [6.45, 7) is 4.86. The molecule has 0 spiro atoms. The van der Waals surface area contributed by atoms with Gasteiger partial charge in [-0.15, -0.1) is 0 Å². The lowest BCUT2D eigenvalue weighted by Gasteiger charge is -2.62. The minimum absolute atomic E-state index is 0.0275. The molecule has 1 aromatic carbocycles. The van der Waals surface area contributed by atoms with Gasteiger partial charge in [0.2, 0.25) is 11.8 Å². The molecule has 1 aliphatic heterocycles. The SMILES string of the molecule is CN1C(=O)C(C(=O)Nc2ccc(F)cc2)C[C@@]2(C)C1CC[C@@H]1[C@H]2CC[C@]2(C)CCC[C@@H]12. The number of fused-ring (bicyclic) bond motifs is 5. The number of rotatable bonds is 2. The quantitative estimate of drug-likeness (QED) is 0.657. The fraction of sp³-hybridized carbons (Fsp3) is 0.692. The molecule has 0 bridgehead atoms. The standard InChI is InChI=1S/C26H35FN2O2/c1-25-13-4-5-20(25)18-10-11-22-26(2,21(18)12-14-25)15-19(24(31)29(22)3)23(30)28-17-8-6-16(27)7-9-17/h6-9,18-22H,4-5,10-15H2,1-3H3,(H,28,30)/t18-,19?,20-,21+,22?,25-,26+/m0/s1. The molecule has 4 aliphatic rings. The van der Waals surface area contributed by atoms with Crippen molar-refractivity contribution in [3.05, 3.63) is 30.1 Å². The zero-order valence-corrected chi connectivity index (χ0v) is 19.0. The van der Waals surface area contributed by atoms with Crippen LogP contribution in [0.2, 0.25) is 0 Å². The van der Waals surface area contributed by atoms with Crippen LogP contribution in [0.3, 0.4) is 0 Å². The van der Waals surface area contributed by atoms with Gasteiger partial charge in [-0.25, -0.2) is 4.39 Å². The number of anilines is 1. The molecule has 3 aliphatic carbocycles. The van der Waals surface area contributed by atoms with Gasteiger partial charge in [0, 0.05) is 18.8 Å². The number of nitrogens with zero attached hydrogens (tertiary/aromatic N) is 1. The molecule has 3 saturated carbocycles. The van der Waals surface area contributed by atoms with Gasteiger partial charge >= 0.3 is 0 Å². The van der Waals surface area contributed by atoms with Crippen LogP contribution in [0.5, 0.6) is 0 Å². The van der Waals surface area contributed by atoms with Crippen molar-refractivity contribution < 1.29 is 14.0 Å². The Morgan fingerprint density at radius 3 is 2.55 bits per heavy atom. The molecule has 4 fully saturated rings. The van der Waals surface area contributed by atoms with E-state index in [2.05, 4.69) is 19.2 Å². The van der Waals surface area contributed by atoms with E-state index in [1.807, 2.05) is 11.9 Å². The second kappa shape index (κ2) is 7.31. The third-order valence-electron chi connectivity index (χ3n) is 9.79. The predicted octanol–water partition coefficient (Wildman–Crippen LogP) is 5.24. The lowest BCUT2D eigenvalue weighted by molar-refractivity contribution is -0.168. The monoisotopic (exact) mass is 426 g/mol. The third-order valence-corrected chi connectivity index (χ3v) is 9.79. The molecule has 1 saturated heterocycles. The summed E-state index contributed by atoms with van der Waals surface area (Å²) in [7, 11) is 1.89. The van der Waals surface area contributed by atoms with Gasteiger partial charge in [-0.3, -0.25) is 9.59 Å². The molecule has 2 amide bonds. The van der Waals surface area contributed by atoms with E-state index in [0.29, 0.717) is 23.4 Å². The van der Waals surface area contributed by atoms with Crippen molar-refractivity contribution in [1.82, 2.24) is 4.90 Å². The summed E-state index contributed by atoms with van der Waals surface area (Å²) in [5.74, 6) is 0.773. The highest BCUT2D eigenvalue weighted by atomic mass is 19.1. The van der Waals surface area contributed by atoms with Gasteiger partial charge in [0.1, 0.15) is 11.7 Å². The van der Waals surface area contributed by atoms with Gasteiger partial charge in [0.15, 0.2) is 0 Å². The largest absolute Gasteiger partial charge is 0.342 e. The first-order valence-electron chi connectivity index (χ1n) is 12.1. The summed E-state index contributed by atoms with van der Waals surface area (Å²) < 4.78 is 13.2. The van der Waals surface area contributed by atoms with Crippen molar-refractivity contribution in [2.45, 2.75) is 71.3 Å². The normalized spacial score (nSPS) is 41.9. The van der Waals surface area contributed by atoms with Crippen LogP contribution in [-0.4, -0.2) is 29.8 Å². The minimum atomic E-state index is -0.674. The van der Waals surface area contributed by atoms with Crippen molar-refractivity contribution in [3.8, 4) is 0 Å². The average molecular weight is 427 g/mol. The van der Waals surface area contributed by atoms with Gasteiger partial charge in [-0.1, -0.05) is 20.3 Å². The van der Waals surface area contributed by atoms with Gasteiger partial charge < -0.3 is 10.2 Å². The summed E-state index contributed by atoms with van der Waals surface area (Å²) in [6.07, 6.45) is 9.46. The Hall–Kier alpha value is -1.91. The molecular weight excluding hydrogens is 391 g/mol. The summed E-state index contributed by atoms with van der Waals surface area (Å²) in [4.78, 5) is 28.3. The molecule has 168 valence electrons. The number of carbonyl (C=O) groups excluding carboxylic acids is 2. The molecule has 1 heterocycles. The zero-order valence-electron chi connectivity index (χ0n) is 19.0. The van der Waals surface area contributed by atoms with Gasteiger partial charge in [-0.05, 0) is 97.8 Å². The number of nitrogens with one attached hydrogen (secondary N) is 1. The molecule has 5 heteroatoms. The van der Waals surface area contributed by atoms with E-state index in [9.17, 15) is 14.0 Å². The van der Waals surface area contributed by atoms with Gasteiger partial charge in [0.25, 0.3) is 0 Å². The van der Waals surface area contributed by atoms with Gasteiger partial charge in [0.05, 0.1) is 0 Å². The highest BCUT2D eigenvalue weighted by Gasteiger charge is 2.61. The number of piperidine rings is 1. The van der Waals surface area contributed by atoms with Crippen molar-refractivity contribution in [2.75, 3.05) is 12.4 Å². The number of likely N-dealkylation sites (tertiary alicyclic amines) is 1. The number of benzene rings is 1. The minimum Gasteiger partial charge on any atom is -0.342 e. The maximum atomic E-state index is 13.2. The second-order valence-corrected chi connectivity index (χ2v) is 11.3. The third kappa shape index (κ3) is 3.22. The number of carbonyl (C=O) groups is 2. The highest BCUT2D eigenvalue weighted by Crippen LogP contribution is 2.65. The first kappa shape index (κ1) is 21.0. The summed E-state index contributed by atoms with van der Waals surface area (Å²) in [6, 6.07) is 5.98. The molecule has 0 radical (unpaired) electrons. The van der Waals surface area contributed by atoms with Crippen molar-refractivity contribution in [1.29, 1.82) is 0 Å². The van der Waals surface area contributed by atoms with Crippen LogP contribution in [0.1, 0.15) is 65.2 Å². The summed E-state index contributed by atoms with van der Waals surface area (Å²) in [5.41, 5.74) is 1.01. The Morgan fingerprint density at radius 1 is 1.06 bits per heavy atom. The molecule has 31 heavy (non-hydrogen) atoms. The summed E-state index contributed by atoms with van der Waals surface area (Å²) >= 11 is 0. The van der Waals surface area contributed by atoms with Crippen LogP contribution in [0.4, 0.5) is 10.1 Å². The number of halogens is 1. The molecule has 2 unspecified atom stereocenters. The molecule has 1 N–H and O–H groups in total. The van der Waals surface area contributed by atoms with E-state index in [1.165, 1.54) is 50.7 Å². The Balaban J connectivity index is 1.40. The fourth-order valence-corrected chi connectivity index (χ4v) is 8.25. The molecule has 7 atom stereocenters. The van der Waals surface area contributed by atoms with Crippen LogP contribution >= 0.6 is 0 Å². The van der Waals surface area contributed by atoms with Crippen molar-refractivity contribution in [2.24, 2.45) is 34.5 Å². The summed E-state index contributed by atoms with van der Waals surface area (Å²) in [5, 5.41) is 2.86. The zero-order chi connectivity index (χ0) is 22.0. The van der Waals surface area contributed by atoms with E-state index >= 15 is 0 Å². The molecule has 1 aromatic rings. The van der Waals surface area contributed by atoms with Crippen LogP contribution in [-0.2, 0) is 9.59 Å². The van der Waals surface area contributed by atoms with Crippen molar-refractivity contribution >= 4 is 17.5 Å². The Kier molecular flexibility index (Phi) is 4.95. The van der Waals surface area contributed by atoms with Crippen LogP contribution in [0.15, 0.2) is 24.3 Å². The topological polar surface area (TPSA) is 49.4 Å². The maximum absolute atomic E-state index is 13.2. The molecule has 5 rings (SSSR count). The number of hydrogen-bond donors (Lipinski definition) is 1. The first-order chi connectivity index (χ1) is 14.7. The van der Waals surface area contributed by atoms with Crippen LogP contribution < -0.4 is 5.32 Å². The molecule has 0 aromatic heterocycles. The number of hydrogen-bond acceptors (Lipinski definition) is 2. The maximum Gasteiger partial charge on any atom is 0.236 e. The van der Waals surface area contributed by atoms with Gasteiger partial charge in [-0.2, -0.15) is 0 Å². The van der Waals surface area contributed by atoms with Crippen molar-refractivity contribution in [3.63, 3.8) is 0 Å². The van der Waals surface area contributed by atoms with E-state index in [4.69, 9.17) is 0 Å².